The molecular weight excluding hydrogens is 329 g/mol. The Bertz CT molecular complexity index is 552. The summed E-state index contributed by atoms with van der Waals surface area (Å²) < 4.78 is 0. The van der Waals surface area contributed by atoms with E-state index in [1.54, 1.807) is 4.90 Å². The molecule has 1 aliphatic rings. The molecule has 0 spiro atoms. The maximum Gasteiger partial charge on any atom is 0.271 e. The summed E-state index contributed by atoms with van der Waals surface area (Å²) in [6.07, 6.45) is 3.68. The number of nitrogens with zero attached hydrogens (tertiary/aromatic N) is 2. The van der Waals surface area contributed by atoms with E-state index in [0.29, 0.717) is 13.1 Å². The molecule has 1 aromatic rings. The minimum absolute atomic E-state index is 0. The summed E-state index contributed by atoms with van der Waals surface area (Å²) in [6.45, 7) is 1.17. The lowest BCUT2D eigenvalue weighted by atomic mass is 9.98. The molecule has 0 saturated carbocycles. The van der Waals surface area contributed by atoms with Crippen LogP contribution in [0.15, 0.2) is 18.2 Å². The quantitative estimate of drug-likeness (QED) is 0.669. The molecule has 0 aliphatic carbocycles. The van der Waals surface area contributed by atoms with E-state index in [1.165, 1.54) is 18.2 Å². The van der Waals surface area contributed by atoms with E-state index in [9.17, 15) is 14.9 Å². The van der Waals surface area contributed by atoms with Crippen molar-refractivity contribution in [3.05, 3.63) is 38.9 Å². The van der Waals surface area contributed by atoms with Crippen LogP contribution in [0.25, 0.3) is 0 Å². The highest BCUT2D eigenvalue weighted by Crippen LogP contribution is 2.25. The van der Waals surface area contributed by atoms with Gasteiger partial charge < -0.3 is 10.6 Å². The van der Waals surface area contributed by atoms with E-state index in [-0.39, 0.29) is 40.6 Å². The van der Waals surface area contributed by atoms with Crippen LogP contribution in [0.3, 0.4) is 0 Å². The average Bonchev–Trinajstić information content (AvgIpc) is 2.47. The molecule has 1 atom stereocenters. The standard InChI is InChI=1S/C14H18ClN3O3.ClH/c15-11-7-10(8-13(9-11)18(20)21)14(19)17-6-2-1-3-12(17)4-5-16;/h7-9,12H,1-6,16H2;1H. The fourth-order valence-corrected chi connectivity index (χ4v) is 2.96. The number of hydrogen-bond donors (Lipinski definition) is 1. The topological polar surface area (TPSA) is 89.5 Å². The Morgan fingerprint density at radius 2 is 2.14 bits per heavy atom. The molecule has 1 unspecified atom stereocenters. The maximum absolute atomic E-state index is 12.6. The predicted octanol–water partition coefficient (Wildman–Crippen LogP) is 3.01. The second kappa shape index (κ2) is 8.31. The Balaban J connectivity index is 0.00000242. The van der Waals surface area contributed by atoms with Gasteiger partial charge in [0, 0.05) is 35.3 Å². The van der Waals surface area contributed by atoms with Gasteiger partial charge in [-0.1, -0.05) is 11.6 Å². The zero-order valence-electron chi connectivity index (χ0n) is 12.0. The summed E-state index contributed by atoms with van der Waals surface area (Å²) in [4.78, 5) is 24.7. The van der Waals surface area contributed by atoms with Crippen LogP contribution in [0, 0.1) is 10.1 Å². The molecule has 1 heterocycles. The lowest BCUT2D eigenvalue weighted by molar-refractivity contribution is -0.384. The molecule has 6 nitrogen and oxygen atoms in total. The summed E-state index contributed by atoms with van der Waals surface area (Å²) in [5.41, 5.74) is 5.69. The van der Waals surface area contributed by atoms with E-state index >= 15 is 0 Å². The molecule has 0 aromatic heterocycles. The van der Waals surface area contributed by atoms with Crippen LogP contribution >= 0.6 is 24.0 Å². The Hall–Kier alpha value is -1.37. The summed E-state index contributed by atoms with van der Waals surface area (Å²) in [7, 11) is 0. The fraction of sp³-hybridized carbons (Fsp3) is 0.500. The number of halogens is 2. The van der Waals surface area contributed by atoms with Crippen molar-refractivity contribution in [1.29, 1.82) is 0 Å². The van der Waals surface area contributed by atoms with Gasteiger partial charge in [0.1, 0.15) is 0 Å². The fourth-order valence-electron chi connectivity index (χ4n) is 2.73. The predicted molar refractivity (Wildman–Crippen MR) is 87.7 cm³/mol. The lowest BCUT2D eigenvalue weighted by Crippen LogP contribution is -2.44. The van der Waals surface area contributed by atoms with Gasteiger partial charge >= 0.3 is 0 Å². The highest BCUT2D eigenvalue weighted by molar-refractivity contribution is 6.31. The maximum atomic E-state index is 12.6. The first-order valence-electron chi connectivity index (χ1n) is 6.99. The van der Waals surface area contributed by atoms with Crippen molar-refractivity contribution in [2.45, 2.75) is 31.7 Å². The van der Waals surface area contributed by atoms with Crippen molar-refractivity contribution in [1.82, 2.24) is 4.90 Å². The van der Waals surface area contributed by atoms with E-state index in [4.69, 9.17) is 17.3 Å². The monoisotopic (exact) mass is 347 g/mol. The van der Waals surface area contributed by atoms with Crippen LogP contribution in [0.1, 0.15) is 36.0 Å². The van der Waals surface area contributed by atoms with Crippen LogP contribution in [0.5, 0.6) is 0 Å². The van der Waals surface area contributed by atoms with Crippen molar-refractivity contribution in [3.63, 3.8) is 0 Å². The van der Waals surface area contributed by atoms with Gasteiger partial charge in [-0.25, -0.2) is 0 Å². The van der Waals surface area contributed by atoms with Crippen molar-refractivity contribution < 1.29 is 9.72 Å². The first-order valence-corrected chi connectivity index (χ1v) is 7.36. The Kier molecular flexibility index (Phi) is 7.06. The number of amides is 1. The summed E-state index contributed by atoms with van der Waals surface area (Å²) in [5, 5.41) is 11.1. The van der Waals surface area contributed by atoms with Gasteiger partial charge in [-0.15, -0.1) is 12.4 Å². The Morgan fingerprint density at radius 3 is 2.77 bits per heavy atom. The molecule has 0 bridgehead atoms. The molecule has 8 heteroatoms. The number of carbonyl (C=O) groups excluding carboxylic acids is 1. The molecule has 2 N–H and O–H groups in total. The number of piperidine rings is 1. The first-order chi connectivity index (χ1) is 10.0. The highest BCUT2D eigenvalue weighted by Gasteiger charge is 2.28. The molecule has 22 heavy (non-hydrogen) atoms. The van der Waals surface area contributed by atoms with Crippen LogP contribution in [-0.4, -0.2) is 34.9 Å². The third-order valence-electron chi connectivity index (χ3n) is 3.73. The molecule has 1 saturated heterocycles. The zero-order valence-corrected chi connectivity index (χ0v) is 13.6. The summed E-state index contributed by atoms with van der Waals surface area (Å²) >= 11 is 5.88. The van der Waals surface area contributed by atoms with Gasteiger partial charge in [-0.05, 0) is 38.3 Å². The number of nitro benzene ring substituents is 1. The van der Waals surface area contributed by atoms with Crippen LogP contribution < -0.4 is 5.73 Å². The normalized spacial score (nSPS) is 17.7. The van der Waals surface area contributed by atoms with Crippen molar-refractivity contribution in [3.8, 4) is 0 Å². The Labute approximate surface area is 140 Å². The number of nitrogens with two attached hydrogens (primary N) is 1. The van der Waals surface area contributed by atoms with Crippen molar-refractivity contribution in [2.75, 3.05) is 13.1 Å². The third-order valence-corrected chi connectivity index (χ3v) is 3.95. The molecular formula is C14H19Cl2N3O3. The van der Waals surface area contributed by atoms with Gasteiger partial charge in [0.05, 0.1) is 4.92 Å². The summed E-state index contributed by atoms with van der Waals surface area (Å²) in [6, 6.07) is 4.11. The molecule has 2 rings (SSSR count). The minimum Gasteiger partial charge on any atom is -0.336 e. The molecule has 1 aliphatic heterocycles. The second-order valence-electron chi connectivity index (χ2n) is 5.18. The molecule has 122 valence electrons. The van der Waals surface area contributed by atoms with E-state index < -0.39 is 4.92 Å². The van der Waals surface area contributed by atoms with Gasteiger partial charge in [-0.2, -0.15) is 0 Å². The number of nitro groups is 1. The Morgan fingerprint density at radius 1 is 1.41 bits per heavy atom. The van der Waals surface area contributed by atoms with E-state index in [0.717, 1.165) is 25.7 Å². The lowest BCUT2D eigenvalue weighted by Gasteiger charge is -2.35. The van der Waals surface area contributed by atoms with Gasteiger partial charge in [0.15, 0.2) is 0 Å². The number of non-ortho nitro benzene ring substituents is 1. The van der Waals surface area contributed by atoms with E-state index in [2.05, 4.69) is 0 Å². The zero-order chi connectivity index (χ0) is 15.4. The van der Waals surface area contributed by atoms with Crippen molar-refractivity contribution in [2.24, 2.45) is 5.73 Å². The molecule has 0 radical (unpaired) electrons. The second-order valence-corrected chi connectivity index (χ2v) is 5.62. The van der Waals surface area contributed by atoms with Gasteiger partial charge in [0.25, 0.3) is 11.6 Å². The first kappa shape index (κ1) is 18.7. The number of rotatable bonds is 4. The number of benzene rings is 1. The van der Waals surface area contributed by atoms with Crippen molar-refractivity contribution >= 4 is 35.6 Å². The molecule has 1 fully saturated rings. The average molecular weight is 348 g/mol. The van der Waals surface area contributed by atoms with Gasteiger partial charge in [0.2, 0.25) is 0 Å². The largest absolute Gasteiger partial charge is 0.336 e. The van der Waals surface area contributed by atoms with Crippen LogP contribution in [0.4, 0.5) is 5.69 Å². The van der Waals surface area contributed by atoms with Crippen LogP contribution in [-0.2, 0) is 0 Å². The van der Waals surface area contributed by atoms with Crippen LogP contribution in [0.2, 0.25) is 5.02 Å². The molecule has 1 aromatic carbocycles. The minimum atomic E-state index is -0.545. The number of carbonyl (C=O) groups is 1. The van der Waals surface area contributed by atoms with Gasteiger partial charge in [-0.3, -0.25) is 14.9 Å². The third kappa shape index (κ3) is 4.32. The van der Waals surface area contributed by atoms with E-state index in [1.807, 2.05) is 0 Å². The number of likely N-dealkylation sites (tertiary alicyclic amines) is 1. The summed E-state index contributed by atoms with van der Waals surface area (Å²) in [5.74, 6) is -0.209. The number of hydrogen-bond acceptors (Lipinski definition) is 4. The molecule has 1 amide bonds. The highest BCUT2D eigenvalue weighted by atomic mass is 35.5. The SMILES string of the molecule is Cl.NCCC1CCCCN1C(=O)c1cc(Cl)cc([N+](=O)[O-])c1. The smallest absolute Gasteiger partial charge is 0.271 e.